The summed E-state index contributed by atoms with van der Waals surface area (Å²) in [7, 11) is 2.04. The predicted octanol–water partition coefficient (Wildman–Crippen LogP) is 1.25. The van der Waals surface area contributed by atoms with Gasteiger partial charge in [-0.25, -0.2) is 4.98 Å². The van der Waals surface area contributed by atoms with Gasteiger partial charge in [0.05, 0.1) is 18.1 Å². The number of imidazole rings is 1. The standard InChI is InChI=1S/C12H22N4S/c1-12(2)8-16(4-5-17-12)10(6-13)11-7-14-9-15(11)3/h7,9-10H,4-6,8,13H2,1-3H3. The molecular formula is C12H22N4S. The van der Waals surface area contributed by atoms with Crippen molar-refractivity contribution in [1.29, 1.82) is 0 Å². The molecule has 1 aromatic heterocycles. The first kappa shape index (κ1) is 12.9. The van der Waals surface area contributed by atoms with E-state index in [-0.39, 0.29) is 0 Å². The van der Waals surface area contributed by atoms with Crippen LogP contribution in [0.15, 0.2) is 12.5 Å². The summed E-state index contributed by atoms with van der Waals surface area (Å²) in [5, 5.41) is 0. The highest BCUT2D eigenvalue weighted by Gasteiger charge is 2.32. The molecule has 17 heavy (non-hydrogen) atoms. The highest BCUT2D eigenvalue weighted by molar-refractivity contribution is 8.00. The van der Waals surface area contributed by atoms with Crippen LogP contribution in [0.4, 0.5) is 0 Å². The third-order valence-electron chi connectivity index (χ3n) is 3.31. The van der Waals surface area contributed by atoms with Crippen molar-refractivity contribution in [2.24, 2.45) is 12.8 Å². The molecule has 0 amide bonds. The van der Waals surface area contributed by atoms with Gasteiger partial charge >= 0.3 is 0 Å². The van der Waals surface area contributed by atoms with Crippen molar-refractivity contribution in [2.45, 2.75) is 24.6 Å². The molecule has 0 spiro atoms. The minimum atomic E-state index is 0.294. The Kier molecular flexibility index (Phi) is 3.80. The summed E-state index contributed by atoms with van der Waals surface area (Å²) in [6.45, 7) is 7.47. The van der Waals surface area contributed by atoms with Crippen LogP contribution in [-0.2, 0) is 7.05 Å². The fourth-order valence-electron chi connectivity index (χ4n) is 2.46. The molecule has 0 bridgehead atoms. The smallest absolute Gasteiger partial charge is 0.0946 e. The third kappa shape index (κ3) is 2.84. The lowest BCUT2D eigenvalue weighted by molar-refractivity contribution is 0.186. The van der Waals surface area contributed by atoms with Crippen LogP contribution in [-0.4, -0.2) is 44.6 Å². The topological polar surface area (TPSA) is 47.1 Å². The molecule has 96 valence electrons. The summed E-state index contributed by atoms with van der Waals surface area (Å²) in [5.41, 5.74) is 7.18. The summed E-state index contributed by atoms with van der Waals surface area (Å²) in [6.07, 6.45) is 3.79. The van der Waals surface area contributed by atoms with E-state index in [4.69, 9.17) is 5.73 Å². The average molecular weight is 254 g/mol. The fourth-order valence-corrected chi connectivity index (χ4v) is 3.60. The summed E-state index contributed by atoms with van der Waals surface area (Å²) < 4.78 is 2.40. The first-order valence-corrected chi connectivity index (χ1v) is 7.06. The fraction of sp³-hybridized carbons (Fsp3) is 0.750. The van der Waals surface area contributed by atoms with E-state index in [1.165, 1.54) is 11.4 Å². The van der Waals surface area contributed by atoms with Gasteiger partial charge in [0.25, 0.3) is 0 Å². The van der Waals surface area contributed by atoms with Gasteiger partial charge in [-0.2, -0.15) is 11.8 Å². The van der Waals surface area contributed by atoms with Gasteiger partial charge in [0.15, 0.2) is 0 Å². The Morgan fingerprint density at radius 2 is 2.35 bits per heavy atom. The number of nitrogens with two attached hydrogens (primary N) is 1. The van der Waals surface area contributed by atoms with Gasteiger partial charge in [-0.05, 0) is 13.8 Å². The number of hydrogen-bond acceptors (Lipinski definition) is 4. The lowest BCUT2D eigenvalue weighted by atomic mass is 10.1. The molecule has 2 heterocycles. The van der Waals surface area contributed by atoms with Crippen molar-refractivity contribution >= 4 is 11.8 Å². The molecule has 0 radical (unpaired) electrons. The summed E-state index contributed by atoms with van der Waals surface area (Å²) >= 11 is 2.05. The lowest BCUT2D eigenvalue weighted by Gasteiger charge is -2.41. The Bertz CT molecular complexity index is 374. The SMILES string of the molecule is Cn1cncc1C(CN)N1CCSC(C)(C)C1. The first-order chi connectivity index (χ1) is 8.03. The predicted molar refractivity (Wildman–Crippen MR) is 73.1 cm³/mol. The highest BCUT2D eigenvalue weighted by atomic mass is 32.2. The molecule has 2 rings (SSSR count). The number of nitrogens with zero attached hydrogens (tertiary/aromatic N) is 3. The van der Waals surface area contributed by atoms with Crippen molar-refractivity contribution in [2.75, 3.05) is 25.4 Å². The lowest BCUT2D eigenvalue weighted by Crippen LogP contribution is -2.47. The zero-order chi connectivity index (χ0) is 12.5. The van der Waals surface area contributed by atoms with Gasteiger partial charge in [-0.3, -0.25) is 4.90 Å². The van der Waals surface area contributed by atoms with Gasteiger partial charge in [0.2, 0.25) is 0 Å². The van der Waals surface area contributed by atoms with E-state index in [0.29, 0.717) is 17.3 Å². The molecule has 2 N–H and O–H groups in total. The van der Waals surface area contributed by atoms with Gasteiger partial charge in [-0.1, -0.05) is 0 Å². The van der Waals surface area contributed by atoms with Crippen LogP contribution in [0.5, 0.6) is 0 Å². The van der Waals surface area contributed by atoms with E-state index in [9.17, 15) is 0 Å². The van der Waals surface area contributed by atoms with Crippen molar-refractivity contribution in [3.63, 3.8) is 0 Å². The Morgan fingerprint density at radius 3 is 2.88 bits per heavy atom. The first-order valence-electron chi connectivity index (χ1n) is 6.08. The van der Waals surface area contributed by atoms with Crippen LogP contribution < -0.4 is 5.73 Å². The quantitative estimate of drug-likeness (QED) is 0.882. The minimum absolute atomic E-state index is 0.294. The van der Waals surface area contributed by atoms with E-state index in [1.807, 2.05) is 31.3 Å². The van der Waals surface area contributed by atoms with Crippen LogP contribution >= 0.6 is 11.8 Å². The molecular weight excluding hydrogens is 232 g/mol. The van der Waals surface area contributed by atoms with Crippen molar-refractivity contribution in [3.05, 3.63) is 18.2 Å². The Balaban J connectivity index is 2.16. The van der Waals surface area contributed by atoms with E-state index in [1.54, 1.807) is 0 Å². The van der Waals surface area contributed by atoms with Gasteiger partial charge in [0, 0.05) is 43.4 Å². The molecule has 1 aliphatic heterocycles. The van der Waals surface area contributed by atoms with Crippen molar-refractivity contribution in [1.82, 2.24) is 14.5 Å². The average Bonchev–Trinajstić information content (AvgIpc) is 2.65. The van der Waals surface area contributed by atoms with E-state index in [2.05, 4.69) is 28.3 Å². The second-order valence-corrected chi connectivity index (χ2v) is 7.06. The molecule has 0 saturated carbocycles. The zero-order valence-electron chi connectivity index (χ0n) is 10.9. The molecule has 5 heteroatoms. The van der Waals surface area contributed by atoms with Crippen LogP contribution in [0.3, 0.4) is 0 Å². The number of thioether (sulfide) groups is 1. The van der Waals surface area contributed by atoms with E-state index in [0.717, 1.165) is 13.1 Å². The summed E-state index contributed by atoms with van der Waals surface area (Å²) in [5.74, 6) is 1.18. The zero-order valence-corrected chi connectivity index (χ0v) is 11.7. The molecule has 0 aromatic carbocycles. The monoisotopic (exact) mass is 254 g/mol. The van der Waals surface area contributed by atoms with Crippen molar-refractivity contribution < 1.29 is 0 Å². The van der Waals surface area contributed by atoms with Gasteiger partial charge in [0.1, 0.15) is 0 Å². The van der Waals surface area contributed by atoms with E-state index < -0.39 is 0 Å². The molecule has 1 unspecified atom stereocenters. The maximum atomic E-state index is 5.96. The maximum Gasteiger partial charge on any atom is 0.0946 e. The second kappa shape index (κ2) is 5.00. The molecule has 4 nitrogen and oxygen atoms in total. The Morgan fingerprint density at radius 1 is 1.59 bits per heavy atom. The number of rotatable bonds is 3. The van der Waals surface area contributed by atoms with Crippen LogP contribution in [0.1, 0.15) is 25.6 Å². The molecule has 1 saturated heterocycles. The second-order valence-electron chi connectivity index (χ2n) is 5.26. The molecule has 0 aliphatic carbocycles. The summed E-state index contributed by atoms with van der Waals surface area (Å²) in [6, 6.07) is 0.294. The van der Waals surface area contributed by atoms with Gasteiger partial charge < -0.3 is 10.3 Å². The summed E-state index contributed by atoms with van der Waals surface area (Å²) in [4.78, 5) is 6.69. The van der Waals surface area contributed by atoms with Crippen LogP contribution in [0.2, 0.25) is 0 Å². The van der Waals surface area contributed by atoms with Crippen molar-refractivity contribution in [3.8, 4) is 0 Å². The van der Waals surface area contributed by atoms with E-state index >= 15 is 0 Å². The number of hydrogen-bond donors (Lipinski definition) is 1. The number of aryl methyl sites for hydroxylation is 1. The van der Waals surface area contributed by atoms with Crippen LogP contribution in [0.25, 0.3) is 0 Å². The molecule has 1 aliphatic rings. The molecule has 1 atom stereocenters. The number of aromatic nitrogens is 2. The maximum absolute atomic E-state index is 5.96. The molecule has 1 aromatic rings. The van der Waals surface area contributed by atoms with Gasteiger partial charge in [-0.15, -0.1) is 0 Å². The third-order valence-corrected chi connectivity index (χ3v) is 4.61. The Labute approximate surface area is 108 Å². The largest absolute Gasteiger partial charge is 0.336 e. The minimum Gasteiger partial charge on any atom is -0.336 e. The Hall–Kier alpha value is -0.520. The molecule has 1 fully saturated rings. The van der Waals surface area contributed by atoms with Crippen LogP contribution in [0, 0.1) is 0 Å². The highest BCUT2D eigenvalue weighted by Crippen LogP contribution is 2.33. The normalized spacial score (nSPS) is 22.6.